The summed E-state index contributed by atoms with van der Waals surface area (Å²) in [4.78, 5) is 25.5. The lowest BCUT2D eigenvalue weighted by atomic mass is 10.1. The van der Waals surface area contributed by atoms with Gasteiger partial charge in [-0.1, -0.05) is 12.1 Å². The molecule has 1 aliphatic carbocycles. The number of nitrogens with zero attached hydrogens (tertiary/aromatic N) is 1. The van der Waals surface area contributed by atoms with Gasteiger partial charge in [0.25, 0.3) is 5.91 Å². The van der Waals surface area contributed by atoms with Crippen molar-refractivity contribution < 1.29 is 19.1 Å². The van der Waals surface area contributed by atoms with Crippen LogP contribution in [-0.2, 0) is 22.4 Å². The SMILES string of the molecule is CCOc1ccccc1C(=O)OCC(=O)Nc1sc2c(c1C#N)CCC2. The van der Waals surface area contributed by atoms with E-state index >= 15 is 0 Å². The van der Waals surface area contributed by atoms with Gasteiger partial charge in [-0.15, -0.1) is 11.3 Å². The molecule has 6 nitrogen and oxygen atoms in total. The van der Waals surface area contributed by atoms with Crippen LogP contribution in [0.25, 0.3) is 0 Å². The summed E-state index contributed by atoms with van der Waals surface area (Å²) in [7, 11) is 0. The molecular formula is C19H18N2O4S. The molecule has 7 heteroatoms. The van der Waals surface area contributed by atoms with E-state index in [9.17, 15) is 14.9 Å². The summed E-state index contributed by atoms with van der Waals surface area (Å²) < 4.78 is 10.5. The quantitative estimate of drug-likeness (QED) is 0.788. The first kappa shape index (κ1) is 18.0. The van der Waals surface area contributed by atoms with Crippen molar-refractivity contribution in [2.75, 3.05) is 18.5 Å². The largest absolute Gasteiger partial charge is 0.493 e. The Kier molecular flexibility index (Phi) is 5.54. The first-order valence-corrected chi connectivity index (χ1v) is 9.19. The Labute approximate surface area is 155 Å². The number of thiophene rings is 1. The topological polar surface area (TPSA) is 88.4 Å². The maximum atomic E-state index is 12.2. The van der Waals surface area contributed by atoms with Crippen molar-refractivity contribution in [1.29, 1.82) is 5.26 Å². The van der Waals surface area contributed by atoms with Crippen molar-refractivity contribution in [2.24, 2.45) is 0 Å². The highest BCUT2D eigenvalue weighted by Gasteiger charge is 2.23. The van der Waals surface area contributed by atoms with Gasteiger partial charge in [0.05, 0.1) is 12.2 Å². The summed E-state index contributed by atoms with van der Waals surface area (Å²) in [6, 6.07) is 8.88. The van der Waals surface area contributed by atoms with Gasteiger partial charge in [-0.2, -0.15) is 5.26 Å². The molecule has 26 heavy (non-hydrogen) atoms. The van der Waals surface area contributed by atoms with E-state index in [2.05, 4.69) is 11.4 Å². The van der Waals surface area contributed by atoms with E-state index in [0.717, 1.165) is 29.7 Å². The molecule has 1 aromatic heterocycles. The van der Waals surface area contributed by atoms with Gasteiger partial charge in [-0.3, -0.25) is 4.79 Å². The summed E-state index contributed by atoms with van der Waals surface area (Å²) in [6.45, 7) is 1.82. The number of nitrogens with one attached hydrogen (secondary N) is 1. The number of nitriles is 1. The Morgan fingerprint density at radius 2 is 2.12 bits per heavy atom. The Hall–Kier alpha value is -2.85. The number of rotatable bonds is 6. The molecule has 0 unspecified atom stereocenters. The van der Waals surface area contributed by atoms with Crippen molar-refractivity contribution in [2.45, 2.75) is 26.2 Å². The van der Waals surface area contributed by atoms with Crippen LogP contribution in [0.4, 0.5) is 5.00 Å². The van der Waals surface area contributed by atoms with Crippen LogP contribution in [0.5, 0.6) is 5.75 Å². The highest BCUT2D eigenvalue weighted by molar-refractivity contribution is 7.16. The van der Waals surface area contributed by atoms with Crippen LogP contribution >= 0.6 is 11.3 Å². The number of carbonyl (C=O) groups is 2. The van der Waals surface area contributed by atoms with Gasteiger partial charge >= 0.3 is 5.97 Å². The minimum atomic E-state index is -0.626. The molecule has 0 saturated heterocycles. The van der Waals surface area contributed by atoms with Crippen molar-refractivity contribution in [3.63, 3.8) is 0 Å². The number of para-hydroxylation sites is 1. The first-order chi connectivity index (χ1) is 12.6. The number of esters is 1. The molecular weight excluding hydrogens is 352 g/mol. The van der Waals surface area contributed by atoms with E-state index in [1.807, 2.05) is 6.92 Å². The van der Waals surface area contributed by atoms with Crippen molar-refractivity contribution in [3.8, 4) is 11.8 Å². The number of hydrogen-bond donors (Lipinski definition) is 1. The van der Waals surface area contributed by atoms with Crippen molar-refractivity contribution >= 4 is 28.2 Å². The zero-order valence-corrected chi connectivity index (χ0v) is 15.1. The van der Waals surface area contributed by atoms with Crippen molar-refractivity contribution in [1.82, 2.24) is 0 Å². The fraction of sp³-hybridized carbons (Fsp3) is 0.316. The molecule has 0 atom stereocenters. The molecule has 1 heterocycles. The van der Waals surface area contributed by atoms with Gasteiger partial charge in [0.1, 0.15) is 22.4 Å². The van der Waals surface area contributed by atoms with E-state index in [-0.39, 0.29) is 5.56 Å². The predicted molar refractivity (Wildman–Crippen MR) is 97.6 cm³/mol. The van der Waals surface area contributed by atoms with E-state index in [1.54, 1.807) is 24.3 Å². The van der Waals surface area contributed by atoms with Crippen LogP contribution in [0.1, 0.15) is 39.7 Å². The third-order valence-corrected chi connectivity index (χ3v) is 5.23. The summed E-state index contributed by atoms with van der Waals surface area (Å²) in [5.74, 6) is -0.677. The van der Waals surface area contributed by atoms with Crippen LogP contribution < -0.4 is 10.1 Å². The second kappa shape index (κ2) is 8.02. The second-order valence-corrected chi connectivity index (χ2v) is 6.83. The molecule has 2 aromatic rings. The minimum Gasteiger partial charge on any atom is -0.493 e. The lowest BCUT2D eigenvalue weighted by Crippen LogP contribution is -2.21. The van der Waals surface area contributed by atoms with Gasteiger partial charge in [-0.25, -0.2) is 4.79 Å². The summed E-state index contributed by atoms with van der Waals surface area (Å²) >= 11 is 1.43. The lowest BCUT2D eigenvalue weighted by Gasteiger charge is -2.10. The Balaban J connectivity index is 1.62. The van der Waals surface area contributed by atoms with Gasteiger partial charge in [0, 0.05) is 4.88 Å². The molecule has 0 radical (unpaired) electrons. The highest BCUT2D eigenvalue weighted by Crippen LogP contribution is 2.38. The minimum absolute atomic E-state index is 0.273. The molecule has 0 aliphatic heterocycles. The second-order valence-electron chi connectivity index (χ2n) is 5.73. The molecule has 134 valence electrons. The van der Waals surface area contributed by atoms with E-state index in [4.69, 9.17) is 9.47 Å². The number of aryl methyl sites for hydroxylation is 1. The number of anilines is 1. The zero-order chi connectivity index (χ0) is 18.5. The number of fused-ring (bicyclic) bond motifs is 1. The van der Waals surface area contributed by atoms with Gasteiger partial charge in [0.15, 0.2) is 6.61 Å². The smallest absolute Gasteiger partial charge is 0.342 e. The molecule has 0 saturated carbocycles. The Bertz CT molecular complexity index is 882. The molecule has 1 aliphatic rings. The van der Waals surface area contributed by atoms with E-state index in [0.29, 0.717) is 22.9 Å². The van der Waals surface area contributed by atoms with Crippen LogP contribution in [0.2, 0.25) is 0 Å². The van der Waals surface area contributed by atoms with Gasteiger partial charge < -0.3 is 14.8 Å². The first-order valence-electron chi connectivity index (χ1n) is 8.37. The molecule has 0 bridgehead atoms. The van der Waals surface area contributed by atoms with Crippen LogP contribution in [0.15, 0.2) is 24.3 Å². The van der Waals surface area contributed by atoms with Crippen LogP contribution in [-0.4, -0.2) is 25.1 Å². The summed E-state index contributed by atoms with van der Waals surface area (Å²) in [6.07, 6.45) is 2.85. The molecule has 1 aromatic carbocycles. The molecule has 1 amide bonds. The van der Waals surface area contributed by atoms with E-state index in [1.165, 1.54) is 11.3 Å². The maximum absolute atomic E-state index is 12.2. The monoisotopic (exact) mass is 370 g/mol. The predicted octanol–water partition coefficient (Wildman–Crippen LogP) is 3.30. The molecule has 3 rings (SSSR count). The normalized spacial score (nSPS) is 12.2. The third-order valence-electron chi connectivity index (χ3n) is 4.03. The fourth-order valence-electron chi connectivity index (χ4n) is 2.90. The van der Waals surface area contributed by atoms with Gasteiger partial charge in [0.2, 0.25) is 0 Å². The zero-order valence-electron chi connectivity index (χ0n) is 14.3. The average molecular weight is 370 g/mol. The van der Waals surface area contributed by atoms with Gasteiger partial charge in [-0.05, 0) is 43.9 Å². The number of amides is 1. The highest BCUT2D eigenvalue weighted by atomic mass is 32.1. The molecule has 0 spiro atoms. The third kappa shape index (κ3) is 3.70. The molecule has 0 fully saturated rings. The van der Waals surface area contributed by atoms with Crippen molar-refractivity contribution in [3.05, 3.63) is 45.8 Å². The number of ether oxygens (including phenoxy) is 2. The number of carbonyl (C=O) groups excluding carboxylic acids is 2. The fourth-order valence-corrected chi connectivity index (χ4v) is 4.15. The van der Waals surface area contributed by atoms with E-state index < -0.39 is 18.5 Å². The summed E-state index contributed by atoms with van der Waals surface area (Å²) in [5, 5.41) is 12.6. The standard InChI is InChI=1S/C19H18N2O4S/c1-2-24-15-8-4-3-6-13(15)19(23)25-11-17(22)21-18-14(10-20)12-7-5-9-16(12)26-18/h3-4,6,8H,2,5,7,9,11H2,1H3,(H,21,22). The molecule has 1 N–H and O–H groups in total. The summed E-state index contributed by atoms with van der Waals surface area (Å²) in [5.41, 5.74) is 1.84. The number of hydrogen-bond acceptors (Lipinski definition) is 6. The number of benzene rings is 1. The van der Waals surface area contributed by atoms with Crippen LogP contribution in [0.3, 0.4) is 0 Å². The van der Waals surface area contributed by atoms with Crippen LogP contribution in [0, 0.1) is 11.3 Å². The Morgan fingerprint density at radius 3 is 2.88 bits per heavy atom. The average Bonchev–Trinajstić information content (AvgIpc) is 3.21. The lowest BCUT2D eigenvalue weighted by molar-refractivity contribution is -0.119. The Morgan fingerprint density at radius 1 is 1.31 bits per heavy atom. The maximum Gasteiger partial charge on any atom is 0.342 e.